The van der Waals surface area contributed by atoms with Crippen LogP contribution in [0.3, 0.4) is 0 Å². The van der Waals surface area contributed by atoms with Gasteiger partial charge in [-0.2, -0.15) is 0 Å². The highest BCUT2D eigenvalue weighted by Gasteiger charge is 1.93. The van der Waals surface area contributed by atoms with Crippen LogP contribution in [-0.2, 0) is 4.79 Å². The molecular formula is C17H12N6O. The average Bonchev–Trinajstić information content (AvgIpc) is 2.61. The first-order valence-electron chi connectivity index (χ1n) is 6.92. The van der Waals surface area contributed by atoms with Crippen LogP contribution in [0.15, 0.2) is 70.9 Å². The Labute approximate surface area is 137 Å². The zero-order valence-electron chi connectivity index (χ0n) is 12.5. The number of hydrogen-bond acceptors (Lipinski definition) is 3. The SMILES string of the molecule is [N-]=[N+]=Nc1ccc(/C=C\C(=O)/C=C/c2ccc(N=[N+]=[N-])cc2)cc1. The smallest absolute Gasteiger partial charge is 0.178 e. The van der Waals surface area contributed by atoms with Crippen LogP contribution < -0.4 is 0 Å². The number of carbonyl (C=O) groups is 1. The largest absolute Gasteiger partial charge is 0.290 e. The number of benzene rings is 2. The maximum absolute atomic E-state index is 11.8. The standard InChI is InChI=1S/C17H12N6O/c18-22-20-15-7-1-13(2-8-15)5-11-17(24)12-6-14-3-9-16(10-4-14)21-23-19/h1-12H/b11-5-,12-6+. The topological polar surface area (TPSA) is 115 Å². The monoisotopic (exact) mass is 316 g/mol. The molecule has 0 bridgehead atoms. The Morgan fingerprint density at radius 3 is 1.46 bits per heavy atom. The lowest BCUT2D eigenvalue weighted by molar-refractivity contribution is -0.110. The number of hydrogen-bond donors (Lipinski definition) is 0. The van der Waals surface area contributed by atoms with Gasteiger partial charge in [0.2, 0.25) is 0 Å². The summed E-state index contributed by atoms with van der Waals surface area (Å²) in [7, 11) is 0. The Morgan fingerprint density at radius 2 is 1.12 bits per heavy atom. The second-order valence-corrected chi connectivity index (χ2v) is 4.63. The second-order valence-electron chi connectivity index (χ2n) is 4.63. The van der Waals surface area contributed by atoms with Gasteiger partial charge in [0, 0.05) is 21.2 Å². The minimum atomic E-state index is -0.159. The molecule has 2 aromatic carbocycles. The summed E-state index contributed by atoms with van der Waals surface area (Å²) < 4.78 is 0. The molecule has 0 saturated carbocycles. The molecule has 116 valence electrons. The van der Waals surface area contributed by atoms with Crippen molar-refractivity contribution in [3.05, 3.63) is 92.7 Å². The number of carbonyl (C=O) groups excluding carboxylic acids is 1. The molecule has 7 heteroatoms. The number of rotatable bonds is 6. The Morgan fingerprint density at radius 1 is 0.750 bits per heavy atom. The molecule has 0 aliphatic heterocycles. The van der Waals surface area contributed by atoms with E-state index in [1.807, 2.05) is 0 Å². The van der Waals surface area contributed by atoms with Gasteiger partial charge in [-0.05, 0) is 34.3 Å². The van der Waals surface area contributed by atoms with Crippen molar-refractivity contribution < 1.29 is 4.79 Å². The van der Waals surface area contributed by atoms with Gasteiger partial charge in [-0.15, -0.1) is 0 Å². The van der Waals surface area contributed by atoms with Crippen molar-refractivity contribution in [2.75, 3.05) is 0 Å². The van der Waals surface area contributed by atoms with E-state index in [1.165, 1.54) is 12.2 Å². The van der Waals surface area contributed by atoms with Crippen LogP contribution in [0.5, 0.6) is 0 Å². The molecule has 0 heterocycles. The summed E-state index contributed by atoms with van der Waals surface area (Å²) in [5.74, 6) is -0.159. The fourth-order valence-corrected chi connectivity index (χ4v) is 1.82. The molecule has 0 atom stereocenters. The van der Waals surface area contributed by atoms with Crippen LogP contribution in [0.25, 0.3) is 33.0 Å². The maximum atomic E-state index is 11.8. The van der Waals surface area contributed by atoms with Crippen LogP contribution in [0.2, 0.25) is 0 Å². The Bertz CT molecular complexity index is 795. The number of azide groups is 2. The Kier molecular flexibility index (Phi) is 5.94. The molecule has 0 spiro atoms. The van der Waals surface area contributed by atoms with Gasteiger partial charge in [-0.25, -0.2) is 0 Å². The van der Waals surface area contributed by atoms with Crippen LogP contribution in [0.4, 0.5) is 11.4 Å². The predicted octanol–water partition coefficient (Wildman–Crippen LogP) is 5.87. The summed E-state index contributed by atoms with van der Waals surface area (Å²) in [4.78, 5) is 17.2. The highest BCUT2D eigenvalue weighted by atomic mass is 16.1. The highest BCUT2D eigenvalue weighted by molar-refractivity contribution is 6.04. The molecule has 0 aliphatic rings. The first-order chi connectivity index (χ1) is 11.7. The van der Waals surface area contributed by atoms with Gasteiger partial charge in [-0.1, -0.05) is 70.9 Å². The summed E-state index contributed by atoms with van der Waals surface area (Å²) in [6.45, 7) is 0. The maximum Gasteiger partial charge on any atom is 0.178 e. The van der Waals surface area contributed by atoms with E-state index < -0.39 is 0 Å². The number of allylic oxidation sites excluding steroid dienone is 2. The summed E-state index contributed by atoms with van der Waals surface area (Å²) in [6.07, 6.45) is 6.26. The van der Waals surface area contributed by atoms with Crippen LogP contribution in [0.1, 0.15) is 11.1 Å². The number of nitrogens with zero attached hydrogens (tertiary/aromatic N) is 6. The van der Waals surface area contributed by atoms with Crippen molar-refractivity contribution >= 4 is 29.3 Å². The van der Waals surface area contributed by atoms with Gasteiger partial charge in [0.25, 0.3) is 0 Å². The molecule has 0 amide bonds. The predicted molar refractivity (Wildman–Crippen MR) is 93.6 cm³/mol. The van der Waals surface area contributed by atoms with E-state index >= 15 is 0 Å². The van der Waals surface area contributed by atoms with Crippen molar-refractivity contribution in [3.63, 3.8) is 0 Å². The normalized spacial score (nSPS) is 10.3. The molecule has 0 radical (unpaired) electrons. The van der Waals surface area contributed by atoms with Crippen molar-refractivity contribution in [2.24, 2.45) is 10.2 Å². The third-order valence-electron chi connectivity index (χ3n) is 2.99. The van der Waals surface area contributed by atoms with E-state index in [4.69, 9.17) is 11.1 Å². The first-order valence-corrected chi connectivity index (χ1v) is 6.92. The number of ketones is 1. The molecular weight excluding hydrogens is 304 g/mol. The molecule has 0 aliphatic carbocycles. The van der Waals surface area contributed by atoms with Gasteiger partial charge < -0.3 is 0 Å². The van der Waals surface area contributed by atoms with Gasteiger partial charge in [0.1, 0.15) is 0 Å². The molecule has 0 N–H and O–H groups in total. The molecule has 0 saturated heterocycles. The van der Waals surface area contributed by atoms with Gasteiger partial charge >= 0.3 is 0 Å². The summed E-state index contributed by atoms with van der Waals surface area (Å²) >= 11 is 0. The van der Waals surface area contributed by atoms with E-state index in [0.29, 0.717) is 11.4 Å². The van der Waals surface area contributed by atoms with Gasteiger partial charge in [-0.3, -0.25) is 4.79 Å². The third-order valence-corrected chi connectivity index (χ3v) is 2.99. The summed E-state index contributed by atoms with van der Waals surface area (Å²) in [5.41, 5.74) is 19.4. The van der Waals surface area contributed by atoms with E-state index in [1.54, 1.807) is 60.7 Å². The fourth-order valence-electron chi connectivity index (χ4n) is 1.82. The van der Waals surface area contributed by atoms with Crippen molar-refractivity contribution in [1.82, 2.24) is 0 Å². The van der Waals surface area contributed by atoms with Crippen molar-refractivity contribution in [2.45, 2.75) is 0 Å². The van der Waals surface area contributed by atoms with Crippen LogP contribution >= 0.6 is 0 Å². The lowest BCUT2D eigenvalue weighted by Crippen LogP contribution is -1.84. The Hall–Kier alpha value is -3.79. The van der Waals surface area contributed by atoms with E-state index in [2.05, 4.69) is 20.1 Å². The van der Waals surface area contributed by atoms with E-state index in [9.17, 15) is 4.79 Å². The van der Waals surface area contributed by atoms with Crippen molar-refractivity contribution in [3.8, 4) is 0 Å². The third kappa shape index (κ3) is 5.20. The molecule has 2 aromatic rings. The van der Waals surface area contributed by atoms with Gasteiger partial charge in [0.15, 0.2) is 5.78 Å². The van der Waals surface area contributed by atoms with E-state index in [-0.39, 0.29) is 5.78 Å². The second kappa shape index (κ2) is 8.60. The van der Waals surface area contributed by atoms with E-state index in [0.717, 1.165) is 11.1 Å². The minimum Gasteiger partial charge on any atom is -0.290 e. The lowest BCUT2D eigenvalue weighted by atomic mass is 10.1. The Balaban J connectivity index is 1.98. The molecule has 0 fully saturated rings. The first kappa shape index (κ1) is 16.6. The molecule has 0 unspecified atom stereocenters. The van der Waals surface area contributed by atoms with Crippen molar-refractivity contribution in [1.29, 1.82) is 0 Å². The zero-order valence-corrected chi connectivity index (χ0v) is 12.5. The fraction of sp³-hybridized carbons (Fsp3) is 0. The molecule has 2 rings (SSSR count). The minimum absolute atomic E-state index is 0.159. The summed E-state index contributed by atoms with van der Waals surface area (Å²) in [5, 5.41) is 6.95. The summed E-state index contributed by atoms with van der Waals surface area (Å²) in [6, 6.07) is 13.7. The molecule has 0 aromatic heterocycles. The average molecular weight is 316 g/mol. The molecule has 7 nitrogen and oxygen atoms in total. The van der Waals surface area contributed by atoms with Crippen LogP contribution in [-0.4, -0.2) is 5.78 Å². The quantitative estimate of drug-likeness (QED) is 0.282. The molecule has 24 heavy (non-hydrogen) atoms. The zero-order chi connectivity index (χ0) is 17.2. The lowest BCUT2D eigenvalue weighted by Gasteiger charge is -1.95. The highest BCUT2D eigenvalue weighted by Crippen LogP contribution is 2.15. The van der Waals surface area contributed by atoms with Crippen LogP contribution in [0, 0.1) is 0 Å². The van der Waals surface area contributed by atoms with Gasteiger partial charge in [0.05, 0.1) is 0 Å².